The van der Waals surface area contributed by atoms with E-state index < -0.39 is 0 Å². The van der Waals surface area contributed by atoms with E-state index in [-0.39, 0.29) is 0 Å². The number of rotatable bonds is 8. The summed E-state index contributed by atoms with van der Waals surface area (Å²) in [5.74, 6) is 2.49. The molecule has 0 amide bonds. The molecule has 0 saturated heterocycles. The molecule has 7 nitrogen and oxygen atoms in total. The summed E-state index contributed by atoms with van der Waals surface area (Å²) in [6.45, 7) is 4.58. The van der Waals surface area contributed by atoms with Crippen LogP contribution in [0.4, 0.5) is 0 Å². The first-order valence-corrected chi connectivity index (χ1v) is 10.2. The molecule has 4 rings (SSSR count). The number of methoxy groups -OCH3 is 1. The van der Waals surface area contributed by atoms with Gasteiger partial charge in [0.15, 0.2) is 0 Å². The van der Waals surface area contributed by atoms with Crippen molar-refractivity contribution in [2.24, 2.45) is 0 Å². The van der Waals surface area contributed by atoms with Crippen LogP contribution in [0, 0.1) is 6.92 Å². The number of aromatic nitrogens is 3. The summed E-state index contributed by atoms with van der Waals surface area (Å²) in [5, 5.41) is 12.7. The summed E-state index contributed by atoms with van der Waals surface area (Å²) in [7, 11) is 3.73. The predicted molar refractivity (Wildman–Crippen MR) is 118 cm³/mol. The van der Waals surface area contributed by atoms with Crippen molar-refractivity contribution in [2.45, 2.75) is 32.9 Å². The molecule has 2 heterocycles. The number of hydrogen-bond donors (Lipinski definition) is 0. The average Bonchev–Trinajstić information content (AvgIpc) is 3.40. The van der Waals surface area contributed by atoms with Crippen LogP contribution < -0.4 is 4.74 Å². The van der Waals surface area contributed by atoms with E-state index in [1.165, 1.54) is 5.56 Å². The second-order valence-electron chi connectivity index (χ2n) is 7.65. The summed E-state index contributed by atoms with van der Waals surface area (Å²) in [5.41, 5.74) is 3.63. The molecular weight excluding hydrogens is 392 g/mol. The van der Waals surface area contributed by atoms with Crippen LogP contribution in [0.15, 0.2) is 63.5 Å². The van der Waals surface area contributed by atoms with Crippen LogP contribution in [0.1, 0.15) is 24.1 Å². The number of benzene rings is 2. The zero-order valence-electron chi connectivity index (χ0n) is 18.2. The highest BCUT2D eigenvalue weighted by atomic mass is 16.5. The van der Waals surface area contributed by atoms with Gasteiger partial charge in [-0.1, -0.05) is 47.6 Å². The maximum absolute atomic E-state index is 5.99. The summed E-state index contributed by atoms with van der Waals surface area (Å²) >= 11 is 0. The smallest absolute Gasteiger partial charge is 0.253 e. The van der Waals surface area contributed by atoms with Gasteiger partial charge in [-0.15, -0.1) is 10.2 Å². The normalized spacial score (nSPS) is 12.3. The predicted octanol–water partition coefficient (Wildman–Crippen LogP) is 4.77. The van der Waals surface area contributed by atoms with Crippen LogP contribution in [0.25, 0.3) is 22.7 Å². The first-order valence-electron chi connectivity index (χ1n) is 10.2. The van der Waals surface area contributed by atoms with E-state index in [1.807, 2.05) is 49.4 Å². The van der Waals surface area contributed by atoms with Gasteiger partial charge < -0.3 is 13.7 Å². The Labute approximate surface area is 181 Å². The lowest BCUT2D eigenvalue weighted by molar-refractivity contribution is 0.225. The Balaban J connectivity index is 1.46. The molecule has 0 N–H and O–H groups in total. The third kappa shape index (κ3) is 4.67. The lowest BCUT2D eigenvalue weighted by Gasteiger charge is -2.23. The fourth-order valence-electron chi connectivity index (χ4n) is 3.46. The van der Waals surface area contributed by atoms with Crippen molar-refractivity contribution in [3.05, 3.63) is 71.8 Å². The van der Waals surface area contributed by atoms with E-state index >= 15 is 0 Å². The van der Waals surface area contributed by atoms with Crippen molar-refractivity contribution in [1.82, 2.24) is 20.3 Å². The average molecular weight is 418 g/mol. The standard InChI is InChI=1S/C24H26N4O3/c1-16(14-18-10-12-20(29-4)13-11-18)28(3)15-21-25-26-24(30-21)22-17(2)31-27-23(22)19-8-6-5-7-9-19/h5-13,16H,14-15H2,1-4H3. The molecule has 0 aliphatic carbocycles. The molecule has 2 aromatic carbocycles. The monoisotopic (exact) mass is 418 g/mol. The number of nitrogens with zero attached hydrogens (tertiary/aromatic N) is 4. The molecule has 0 fully saturated rings. The molecule has 2 aromatic heterocycles. The van der Waals surface area contributed by atoms with Crippen molar-refractivity contribution in [3.63, 3.8) is 0 Å². The van der Waals surface area contributed by atoms with Gasteiger partial charge in [0.05, 0.1) is 13.7 Å². The van der Waals surface area contributed by atoms with E-state index in [9.17, 15) is 0 Å². The van der Waals surface area contributed by atoms with Gasteiger partial charge in [0.25, 0.3) is 5.89 Å². The van der Waals surface area contributed by atoms with Crippen LogP contribution in [0.3, 0.4) is 0 Å². The van der Waals surface area contributed by atoms with Crippen molar-refractivity contribution >= 4 is 0 Å². The van der Waals surface area contributed by atoms with Crippen molar-refractivity contribution in [2.75, 3.05) is 14.2 Å². The number of hydrogen-bond acceptors (Lipinski definition) is 7. The van der Waals surface area contributed by atoms with Crippen LogP contribution >= 0.6 is 0 Å². The summed E-state index contributed by atoms with van der Waals surface area (Å²) in [6.07, 6.45) is 0.907. The van der Waals surface area contributed by atoms with E-state index in [2.05, 4.69) is 46.4 Å². The molecule has 31 heavy (non-hydrogen) atoms. The SMILES string of the molecule is COc1ccc(CC(C)N(C)Cc2nnc(-c3c(-c4ccccc4)noc3C)o2)cc1. The largest absolute Gasteiger partial charge is 0.497 e. The van der Waals surface area contributed by atoms with Crippen LogP contribution in [-0.2, 0) is 13.0 Å². The first-order chi connectivity index (χ1) is 15.0. The summed E-state index contributed by atoms with van der Waals surface area (Å²) in [6, 6.07) is 18.3. The van der Waals surface area contributed by atoms with Crippen LogP contribution in [0.5, 0.6) is 5.75 Å². The molecule has 0 saturated carbocycles. The lowest BCUT2D eigenvalue weighted by atomic mass is 10.1. The first kappa shape index (κ1) is 20.8. The Hall–Kier alpha value is -3.45. The Kier molecular flexibility index (Phi) is 6.13. The summed E-state index contributed by atoms with van der Waals surface area (Å²) < 4.78 is 16.6. The minimum absolute atomic E-state index is 0.293. The number of likely N-dealkylation sites (N-methyl/N-ethyl adjacent to an activating group) is 1. The van der Waals surface area contributed by atoms with Gasteiger partial charge in [0.1, 0.15) is 22.8 Å². The maximum Gasteiger partial charge on any atom is 0.253 e. The zero-order chi connectivity index (χ0) is 21.8. The van der Waals surface area contributed by atoms with Crippen molar-refractivity contribution < 1.29 is 13.7 Å². The van der Waals surface area contributed by atoms with Gasteiger partial charge in [-0.2, -0.15) is 0 Å². The van der Waals surface area contributed by atoms with Gasteiger partial charge in [-0.25, -0.2) is 0 Å². The Morgan fingerprint density at radius 2 is 1.77 bits per heavy atom. The van der Waals surface area contributed by atoms with Crippen molar-refractivity contribution in [1.29, 1.82) is 0 Å². The quantitative estimate of drug-likeness (QED) is 0.408. The van der Waals surface area contributed by atoms with Crippen LogP contribution in [-0.4, -0.2) is 40.5 Å². The number of aryl methyl sites for hydroxylation is 1. The lowest BCUT2D eigenvalue weighted by Crippen LogP contribution is -2.30. The van der Waals surface area contributed by atoms with Crippen LogP contribution in [0.2, 0.25) is 0 Å². The molecule has 4 aromatic rings. The highest BCUT2D eigenvalue weighted by Gasteiger charge is 2.22. The third-order valence-corrected chi connectivity index (χ3v) is 5.42. The van der Waals surface area contributed by atoms with Gasteiger partial charge in [0, 0.05) is 11.6 Å². The molecule has 0 radical (unpaired) electrons. The summed E-state index contributed by atoms with van der Waals surface area (Å²) in [4.78, 5) is 2.19. The highest BCUT2D eigenvalue weighted by molar-refractivity contribution is 5.77. The second-order valence-corrected chi connectivity index (χ2v) is 7.65. The van der Waals surface area contributed by atoms with Gasteiger partial charge in [-0.3, -0.25) is 4.90 Å². The van der Waals surface area contributed by atoms with Gasteiger partial charge >= 0.3 is 0 Å². The Morgan fingerprint density at radius 3 is 2.48 bits per heavy atom. The molecule has 1 atom stereocenters. The molecular formula is C24H26N4O3. The molecule has 160 valence electrons. The molecule has 0 aliphatic heterocycles. The minimum atomic E-state index is 0.293. The molecule has 0 spiro atoms. The van der Waals surface area contributed by atoms with Gasteiger partial charge in [-0.05, 0) is 45.0 Å². The Morgan fingerprint density at radius 1 is 1.03 bits per heavy atom. The number of ether oxygens (including phenoxy) is 1. The molecule has 7 heteroatoms. The van der Waals surface area contributed by atoms with Gasteiger partial charge in [0.2, 0.25) is 5.89 Å². The maximum atomic E-state index is 5.99. The molecule has 0 aliphatic rings. The fraction of sp³-hybridized carbons (Fsp3) is 0.292. The topological polar surface area (TPSA) is 77.4 Å². The third-order valence-electron chi connectivity index (χ3n) is 5.42. The van der Waals surface area contributed by atoms with E-state index in [4.69, 9.17) is 13.7 Å². The zero-order valence-corrected chi connectivity index (χ0v) is 18.2. The van der Waals surface area contributed by atoms with Crippen molar-refractivity contribution in [3.8, 4) is 28.5 Å². The molecule has 0 bridgehead atoms. The van der Waals surface area contributed by atoms with E-state index in [0.29, 0.717) is 35.8 Å². The molecule has 1 unspecified atom stereocenters. The minimum Gasteiger partial charge on any atom is -0.497 e. The Bertz CT molecular complexity index is 1120. The second kappa shape index (κ2) is 9.14. The highest BCUT2D eigenvalue weighted by Crippen LogP contribution is 2.33. The van der Waals surface area contributed by atoms with E-state index in [0.717, 1.165) is 23.3 Å². The fourth-order valence-corrected chi connectivity index (χ4v) is 3.46. The van der Waals surface area contributed by atoms with E-state index in [1.54, 1.807) is 7.11 Å².